The van der Waals surface area contributed by atoms with Gasteiger partial charge in [0.25, 0.3) is 0 Å². The molecule has 82 valence electrons. The first-order valence-electron chi connectivity index (χ1n) is 3.78. The minimum absolute atomic E-state index is 0.224. The summed E-state index contributed by atoms with van der Waals surface area (Å²) in [4.78, 5) is 10.5. The van der Waals surface area contributed by atoms with Crippen LogP contribution >= 0.6 is 46.5 Å². The second-order valence-corrected chi connectivity index (χ2v) is 6.35. The largest absolute Gasteiger partial charge is 0.369 e. The second kappa shape index (κ2) is 6.37. The van der Waals surface area contributed by atoms with Gasteiger partial charge in [0.15, 0.2) is 8.68 Å². The predicted octanol–water partition coefficient (Wildman–Crippen LogP) is 1.96. The zero-order valence-electron chi connectivity index (χ0n) is 7.60. The van der Waals surface area contributed by atoms with Gasteiger partial charge in [0.05, 0.1) is 5.75 Å². The Kier molecular flexibility index (Phi) is 5.44. The van der Waals surface area contributed by atoms with Gasteiger partial charge in [-0.25, -0.2) is 0 Å². The van der Waals surface area contributed by atoms with E-state index in [1.807, 2.05) is 0 Å². The molecule has 0 aliphatic rings. The van der Waals surface area contributed by atoms with Crippen molar-refractivity contribution in [1.29, 1.82) is 0 Å². The monoisotopic (exact) mass is 281 g/mol. The van der Waals surface area contributed by atoms with Crippen LogP contribution < -0.4 is 5.73 Å². The van der Waals surface area contributed by atoms with Crippen LogP contribution in [-0.2, 0) is 4.79 Å². The van der Waals surface area contributed by atoms with E-state index in [2.05, 4.69) is 16.8 Å². The molecule has 15 heavy (non-hydrogen) atoms. The molecular formula is C7H8ClN3OS3. The lowest BCUT2D eigenvalue weighted by Gasteiger charge is -1.91. The Morgan fingerprint density at radius 1 is 1.40 bits per heavy atom. The maximum absolute atomic E-state index is 10.5. The number of thioether (sulfide) groups is 2. The number of nitrogens with zero attached hydrogens (tertiary/aromatic N) is 2. The van der Waals surface area contributed by atoms with Crippen molar-refractivity contribution in [3.63, 3.8) is 0 Å². The molecule has 0 aliphatic carbocycles. The average molecular weight is 282 g/mol. The molecule has 0 aliphatic heterocycles. The van der Waals surface area contributed by atoms with E-state index in [-0.39, 0.29) is 11.7 Å². The van der Waals surface area contributed by atoms with Crippen LogP contribution in [0, 0.1) is 0 Å². The smallest absolute Gasteiger partial charge is 0.227 e. The highest BCUT2D eigenvalue weighted by Crippen LogP contribution is 2.29. The molecule has 0 spiro atoms. The van der Waals surface area contributed by atoms with Crippen molar-refractivity contribution in [2.24, 2.45) is 5.73 Å². The van der Waals surface area contributed by atoms with Crippen LogP contribution in [0.25, 0.3) is 0 Å². The summed E-state index contributed by atoms with van der Waals surface area (Å²) in [5, 5.41) is 8.39. The summed E-state index contributed by atoms with van der Waals surface area (Å²) in [5.74, 6) is 0.469. The average Bonchev–Trinajstić information content (AvgIpc) is 2.59. The molecule has 0 saturated carbocycles. The zero-order valence-corrected chi connectivity index (χ0v) is 10.8. The van der Waals surface area contributed by atoms with E-state index in [1.165, 1.54) is 34.9 Å². The first-order valence-corrected chi connectivity index (χ1v) is 6.95. The van der Waals surface area contributed by atoms with Crippen molar-refractivity contribution in [3.8, 4) is 0 Å². The summed E-state index contributed by atoms with van der Waals surface area (Å²) in [5.41, 5.74) is 5.01. The Labute approximate surface area is 105 Å². The number of carbonyl (C=O) groups is 1. The van der Waals surface area contributed by atoms with Gasteiger partial charge in [-0.15, -0.1) is 10.2 Å². The summed E-state index contributed by atoms with van der Waals surface area (Å²) in [7, 11) is 0. The summed E-state index contributed by atoms with van der Waals surface area (Å²) >= 11 is 9.78. The standard InChI is InChI=1S/C7H8ClN3OS3/c1-4(8)2-13-6-10-11-7(15-6)14-3-5(9)12/h1-3H2,(H2,9,12). The Morgan fingerprint density at radius 2 is 1.93 bits per heavy atom. The highest BCUT2D eigenvalue weighted by Gasteiger charge is 2.06. The van der Waals surface area contributed by atoms with Gasteiger partial charge >= 0.3 is 0 Å². The van der Waals surface area contributed by atoms with Crippen molar-refractivity contribution in [1.82, 2.24) is 10.2 Å². The van der Waals surface area contributed by atoms with Crippen LogP contribution in [-0.4, -0.2) is 27.6 Å². The predicted molar refractivity (Wildman–Crippen MR) is 65.5 cm³/mol. The van der Waals surface area contributed by atoms with Gasteiger partial charge in [0, 0.05) is 10.8 Å². The minimum atomic E-state index is -0.362. The highest BCUT2D eigenvalue weighted by molar-refractivity contribution is 8.03. The van der Waals surface area contributed by atoms with E-state index in [0.29, 0.717) is 10.8 Å². The van der Waals surface area contributed by atoms with Crippen molar-refractivity contribution in [2.45, 2.75) is 8.68 Å². The summed E-state index contributed by atoms with van der Waals surface area (Å²) < 4.78 is 1.54. The SMILES string of the molecule is C=C(Cl)CSc1nnc(SCC(N)=O)s1. The fraction of sp³-hybridized carbons (Fsp3) is 0.286. The fourth-order valence-corrected chi connectivity index (χ4v) is 3.26. The van der Waals surface area contributed by atoms with E-state index in [9.17, 15) is 4.79 Å². The number of aromatic nitrogens is 2. The maximum Gasteiger partial charge on any atom is 0.227 e. The Bertz CT molecular complexity index is 336. The molecule has 1 amide bonds. The number of nitrogens with two attached hydrogens (primary N) is 1. The van der Waals surface area contributed by atoms with Crippen LogP contribution in [0.4, 0.5) is 0 Å². The molecule has 1 aromatic rings. The van der Waals surface area contributed by atoms with Crippen molar-refractivity contribution >= 4 is 52.4 Å². The van der Waals surface area contributed by atoms with E-state index >= 15 is 0 Å². The Morgan fingerprint density at radius 3 is 2.40 bits per heavy atom. The van der Waals surface area contributed by atoms with Crippen LogP contribution in [0.3, 0.4) is 0 Å². The Balaban J connectivity index is 2.41. The molecule has 0 saturated heterocycles. The van der Waals surface area contributed by atoms with Gasteiger partial charge in [-0.2, -0.15) is 0 Å². The van der Waals surface area contributed by atoms with Gasteiger partial charge < -0.3 is 5.73 Å². The van der Waals surface area contributed by atoms with Crippen LogP contribution in [0.5, 0.6) is 0 Å². The first-order chi connectivity index (χ1) is 7.08. The van der Waals surface area contributed by atoms with Crippen LogP contribution in [0.15, 0.2) is 20.3 Å². The normalized spacial score (nSPS) is 10.2. The highest BCUT2D eigenvalue weighted by atomic mass is 35.5. The quantitative estimate of drug-likeness (QED) is 0.807. The van der Waals surface area contributed by atoms with Crippen molar-refractivity contribution in [2.75, 3.05) is 11.5 Å². The molecule has 0 bridgehead atoms. The molecular weight excluding hydrogens is 274 g/mol. The number of carbonyl (C=O) groups excluding carboxylic acids is 1. The Hall–Kier alpha value is -0.240. The van der Waals surface area contributed by atoms with Crippen LogP contribution in [0.1, 0.15) is 0 Å². The molecule has 8 heteroatoms. The van der Waals surface area contributed by atoms with Gasteiger partial charge in [0.2, 0.25) is 5.91 Å². The summed E-state index contributed by atoms with van der Waals surface area (Å²) in [6.45, 7) is 3.57. The molecule has 0 aromatic carbocycles. The number of amides is 1. The number of halogens is 1. The first kappa shape index (κ1) is 12.8. The van der Waals surface area contributed by atoms with Gasteiger partial charge in [-0.1, -0.05) is 53.0 Å². The third kappa shape index (κ3) is 5.41. The van der Waals surface area contributed by atoms with Crippen molar-refractivity contribution in [3.05, 3.63) is 11.6 Å². The third-order valence-electron chi connectivity index (χ3n) is 1.08. The summed E-state index contributed by atoms with van der Waals surface area (Å²) in [6, 6.07) is 0. The molecule has 1 rings (SSSR count). The third-order valence-corrected chi connectivity index (χ3v) is 4.67. The second-order valence-electron chi connectivity index (χ2n) is 2.39. The van der Waals surface area contributed by atoms with Gasteiger partial charge in [0.1, 0.15) is 0 Å². The van der Waals surface area contributed by atoms with Crippen LogP contribution in [0.2, 0.25) is 0 Å². The molecule has 0 atom stereocenters. The number of hydrogen-bond acceptors (Lipinski definition) is 6. The fourth-order valence-electron chi connectivity index (χ4n) is 0.587. The number of rotatable bonds is 6. The zero-order chi connectivity index (χ0) is 11.3. The van der Waals surface area contributed by atoms with Gasteiger partial charge in [-0.3, -0.25) is 4.79 Å². The van der Waals surface area contributed by atoms with E-state index in [4.69, 9.17) is 17.3 Å². The number of primary amides is 1. The molecule has 0 fully saturated rings. The van der Waals surface area contributed by atoms with E-state index < -0.39 is 0 Å². The lowest BCUT2D eigenvalue weighted by molar-refractivity contribution is -0.115. The molecule has 1 aromatic heterocycles. The van der Waals surface area contributed by atoms with Gasteiger partial charge in [-0.05, 0) is 0 Å². The lowest BCUT2D eigenvalue weighted by Crippen LogP contribution is -2.12. The van der Waals surface area contributed by atoms with E-state index in [1.54, 1.807) is 0 Å². The maximum atomic E-state index is 10.5. The number of hydrogen-bond donors (Lipinski definition) is 1. The molecule has 1 heterocycles. The van der Waals surface area contributed by atoms with Crippen molar-refractivity contribution < 1.29 is 4.79 Å². The summed E-state index contributed by atoms with van der Waals surface area (Å²) in [6.07, 6.45) is 0. The lowest BCUT2D eigenvalue weighted by atomic mass is 10.7. The molecule has 2 N–H and O–H groups in total. The molecule has 0 radical (unpaired) electrons. The van der Waals surface area contributed by atoms with E-state index in [0.717, 1.165) is 8.68 Å². The molecule has 0 unspecified atom stereocenters. The minimum Gasteiger partial charge on any atom is -0.369 e. The topological polar surface area (TPSA) is 68.9 Å². The molecule has 4 nitrogen and oxygen atoms in total.